The van der Waals surface area contributed by atoms with Gasteiger partial charge in [-0.2, -0.15) is 0 Å². The normalized spacial score (nSPS) is 31.3. The minimum atomic E-state index is 0.491. The highest BCUT2D eigenvalue weighted by molar-refractivity contribution is 5.48. The summed E-state index contributed by atoms with van der Waals surface area (Å²) in [6.45, 7) is 2.86. The topological polar surface area (TPSA) is 32.3 Å². The van der Waals surface area contributed by atoms with Crippen molar-refractivity contribution in [2.24, 2.45) is 5.92 Å². The molecule has 1 saturated carbocycles. The lowest BCUT2D eigenvalue weighted by Crippen LogP contribution is -2.55. The van der Waals surface area contributed by atoms with Crippen LogP contribution in [0.1, 0.15) is 19.3 Å². The summed E-state index contributed by atoms with van der Waals surface area (Å²) >= 11 is 0. The molecule has 1 aliphatic carbocycles. The zero-order valence-corrected chi connectivity index (χ0v) is 7.33. The molecule has 3 heteroatoms. The van der Waals surface area contributed by atoms with Crippen molar-refractivity contribution in [1.82, 2.24) is 10.2 Å². The van der Waals surface area contributed by atoms with Gasteiger partial charge in [-0.3, -0.25) is 4.79 Å². The molecule has 0 aromatic heterocycles. The van der Waals surface area contributed by atoms with Crippen molar-refractivity contribution in [2.75, 3.05) is 19.6 Å². The van der Waals surface area contributed by atoms with E-state index in [0.29, 0.717) is 6.04 Å². The molecule has 1 aliphatic heterocycles. The van der Waals surface area contributed by atoms with Crippen LogP contribution in [0.4, 0.5) is 0 Å². The first kappa shape index (κ1) is 8.05. The fourth-order valence-corrected chi connectivity index (χ4v) is 2.13. The Kier molecular flexibility index (Phi) is 2.30. The Balaban J connectivity index is 1.94. The molecule has 0 spiro atoms. The summed E-state index contributed by atoms with van der Waals surface area (Å²) < 4.78 is 0. The summed E-state index contributed by atoms with van der Waals surface area (Å²) in [6, 6.07) is 0.491. The molecule has 0 aromatic carbocycles. The number of nitrogens with zero attached hydrogens (tertiary/aromatic N) is 1. The van der Waals surface area contributed by atoms with Crippen molar-refractivity contribution < 1.29 is 4.79 Å². The van der Waals surface area contributed by atoms with Crippen LogP contribution in [0.3, 0.4) is 0 Å². The van der Waals surface area contributed by atoms with Gasteiger partial charge in [0.1, 0.15) is 0 Å². The van der Waals surface area contributed by atoms with Crippen molar-refractivity contribution in [3.05, 3.63) is 0 Å². The molecule has 1 atom stereocenters. The largest absolute Gasteiger partial charge is 0.339 e. The monoisotopic (exact) mass is 168 g/mol. The number of hydrogen-bond donors (Lipinski definition) is 1. The second kappa shape index (κ2) is 3.44. The standard InChI is InChI=1S/C9H16N2O/c12-7-11-5-4-10-6-9(11)8-2-1-3-8/h7-10H,1-6H2. The molecule has 68 valence electrons. The second-order valence-electron chi connectivity index (χ2n) is 3.81. The summed E-state index contributed by atoms with van der Waals surface area (Å²) in [6.07, 6.45) is 5.01. The smallest absolute Gasteiger partial charge is 0.210 e. The van der Waals surface area contributed by atoms with Crippen molar-refractivity contribution in [3.63, 3.8) is 0 Å². The first-order valence-corrected chi connectivity index (χ1v) is 4.83. The van der Waals surface area contributed by atoms with Crippen molar-refractivity contribution in [2.45, 2.75) is 25.3 Å². The van der Waals surface area contributed by atoms with Crippen LogP contribution < -0.4 is 5.32 Å². The van der Waals surface area contributed by atoms with E-state index in [0.717, 1.165) is 32.0 Å². The Morgan fingerprint density at radius 2 is 2.25 bits per heavy atom. The van der Waals surface area contributed by atoms with Crippen LogP contribution in [0.2, 0.25) is 0 Å². The van der Waals surface area contributed by atoms with E-state index in [-0.39, 0.29) is 0 Å². The molecule has 1 saturated heterocycles. The average molecular weight is 168 g/mol. The van der Waals surface area contributed by atoms with E-state index in [1.54, 1.807) is 0 Å². The fraction of sp³-hybridized carbons (Fsp3) is 0.889. The number of nitrogens with one attached hydrogen (secondary N) is 1. The predicted octanol–water partition coefficient (Wildman–Crippen LogP) is 0.217. The molecule has 1 N–H and O–H groups in total. The molecule has 2 aliphatic rings. The van der Waals surface area contributed by atoms with E-state index in [1.807, 2.05) is 4.90 Å². The Bertz CT molecular complexity index is 168. The minimum absolute atomic E-state index is 0.491. The Morgan fingerprint density at radius 3 is 2.83 bits per heavy atom. The number of piperazine rings is 1. The van der Waals surface area contributed by atoms with Gasteiger partial charge >= 0.3 is 0 Å². The Hall–Kier alpha value is -0.570. The maximum atomic E-state index is 10.7. The lowest BCUT2D eigenvalue weighted by Gasteiger charge is -2.42. The third-order valence-corrected chi connectivity index (χ3v) is 3.16. The van der Waals surface area contributed by atoms with Crippen molar-refractivity contribution in [3.8, 4) is 0 Å². The summed E-state index contributed by atoms with van der Waals surface area (Å²) in [5, 5.41) is 3.35. The Labute approximate surface area is 73.1 Å². The quantitative estimate of drug-likeness (QED) is 0.598. The van der Waals surface area contributed by atoms with Gasteiger partial charge in [0.15, 0.2) is 0 Å². The van der Waals surface area contributed by atoms with Gasteiger partial charge in [0.05, 0.1) is 0 Å². The zero-order valence-electron chi connectivity index (χ0n) is 7.33. The van der Waals surface area contributed by atoms with Gasteiger partial charge in [-0.05, 0) is 18.8 Å². The number of carbonyl (C=O) groups excluding carboxylic acids is 1. The predicted molar refractivity (Wildman–Crippen MR) is 46.8 cm³/mol. The molecule has 2 rings (SSSR count). The molecule has 2 fully saturated rings. The van der Waals surface area contributed by atoms with Crippen LogP contribution in [0, 0.1) is 5.92 Å². The third-order valence-electron chi connectivity index (χ3n) is 3.16. The van der Waals surface area contributed by atoms with E-state index < -0.39 is 0 Å². The summed E-state index contributed by atoms with van der Waals surface area (Å²) in [7, 11) is 0. The Morgan fingerprint density at radius 1 is 1.42 bits per heavy atom. The lowest BCUT2D eigenvalue weighted by molar-refractivity contribution is -0.122. The molecule has 1 heterocycles. The van der Waals surface area contributed by atoms with Gasteiger partial charge < -0.3 is 10.2 Å². The lowest BCUT2D eigenvalue weighted by atomic mass is 9.78. The van der Waals surface area contributed by atoms with Crippen LogP contribution in [0.5, 0.6) is 0 Å². The van der Waals surface area contributed by atoms with Gasteiger partial charge in [0.25, 0.3) is 0 Å². The van der Waals surface area contributed by atoms with Crippen LogP contribution in [-0.2, 0) is 4.79 Å². The first-order valence-electron chi connectivity index (χ1n) is 4.83. The van der Waals surface area contributed by atoms with Crippen molar-refractivity contribution in [1.29, 1.82) is 0 Å². The molecule has 3 nitrogen and oxygen atoms in total. The number of carbonyl (C=O) groups is 1. The molecule has 0 aromatic rings. The first-order chi connectivity index (χ1) is 5.92. The fourth-order valence-electron chi connectivity index (χ4n) is 2.13. The van der Waals surface area contributed by atoms with E-state index in [2.05, 4.69) is 5.32 Å². The SMILES string of the molecule is O=CN1CCNCC1C1CCC1. The number of hydrogen-bond acceptors (Lipinski definition) is 2. The van der Waals surface area contributed by atoms with Gasteiger partial charge in [0, 0.05) is 25.7 Å². The minimum Gasteiger partial charge on any atom is -0.339 e. The van der Waals surface area contributed by atoms with Gasteiger partial charge in [-0.25, -0.2) is 0 Å². The van der Waals surface area contributed by atoms with Crippen LogP contribution >= 0.6 is 0 Å². The molecular weight excluding hydrogens is 152 g/mol. The molecule has 12 heavy (non-hydrogen) atoms. The van der Waals surface area contributed by atoms with E-state index in [9.17, 15) is 4.79 Å². The number of rotatable bonds is 2. The summed E-state index contributed by atoms with van der Waals surface area (Å²) in [4.78, 5) is 12.7. The molecule has 1 amide bonds. The van der Waals surface area contributed by atoms with E-state index >= 15 is 0 Å². The summed E-state index contributed by atoms with van der Waals surface area (Å²) in [5.74, 6) is 0.781. The van der Waals surface area contributed by atoms with Gasteiger partial charge in [0.2, 0.25) is 6.41 Å². The summed E-state index contributed by atoms with van der Waals surface area (Å²) in [5.41, 5.74) is 0. The average Bonchev–Trinajstić information content (AvgIpc) is 2.02. The van der Waals surface area contributed by atoms with Crippen LogP contribution in [0.25, 0.3) is 0 Å². The highest BCUT2D eigenvalue weighted by atomic mass is 16.1. The zero-order chi connectivity index (χ0) is 8.39. The molecule has 1 unspecified atom stereocenters. The third kappa shape index (κ3) is 1.33. The van der Waals surface area contributed by atoms with Crippen LogP contribution in [-0.4, -0.2) is 37.0 Å². The molecule has 0 radical (unpaired) electrons. The van der Waals surface area contributed by atoms with E-state index in [4.69, 9.17) is 0 Å². The molecule has 0 bridgehead atoms. The maximum Gasteiger partial charge on any atom is 0.210 e. The highest BCUT2D eigenvalue weighted by Crippen LogP contribution is 2.32. The van der Waals surface area contributed by atoms with Gasteiger partial charge in [-0.1, -0.05) is 6.42 Å². The number of amides is 1. The van der Waals surface area contributed by atoms with Crippen molar-refractivity contribution >= 4 is 6.41 Å². The molecular formula is C9H16N2O. The van der Waals surface area contributed by atoms with Gasteiger partial charge in [-0.15, -0.1) is 0 Å². The highest BCUT2D eigenvalue weighted by Gasteiger charge is 2.32. The van der Waals surface area contributed by atoms with Crippen LogP contribution in [0.15, 0.2) is 0 Å². The van der Waals surface area contributed by atoms with E-state index in [1.165, 1.54) is 19.3 Å². The maximum absolute atomic E-state index is 10.7. The second-order valence-corrected chi connectivity index (χ2v) is 3.81.